The van der Waals surface area contributed by atoms with Gasteiger partial charge in [0.2, 0.25) is 0 Å². The monoisotopic (exact) mass is 324 g/mol. The van der Waals surface area contributed by atoms with Crippen molar-refractivity contribution < 1.29 is 4.79 Å². The Hall–Kier alpha value is -2.43. The van der Waals surface area contributed by atoms with Gasteiger partial charge in [-0.2, -0.15) is 0 Å². The Balaban J connectivity index is 1.64. The van der Waals surface area contributed by atoms with E-state index in [1.54, 1.807) is 6.07 Å². The molecule has 0 unspecified atom stereocenters. The van der Waals surface area contributed by atoms with E-state index in [1.165, 1.54) is 32.1 Å². The van der Waals surface area contributed by atoms with Gasteiger partial charge in [0, 0.05) is 11.7 Å². The molecule has 1 fully saturated rings. The molecule has 0 bridgehead atoms. The van der Waals surface area contributed by atoms with Crippen molar-refractivity contribution in [3.05, 3.63) is 47.2 Å². The highest BCUT2D eigenvalue weighted by Gasteiger charge is 2.15. The molecule has 126 valence electrons. The molecule has 1 saturated carbocycles. The lowest BCUT2D eigenvalue weighted by atomic mass is 9.95. The molecule has 3 rings (SSSR count). The second-order valence-electron chi connectivity index (χ2n) is 6.48. The van der Waals surface area contributed by atoms with Crippen molar-refractivity contribution in [1.82, 2.24) is 10.2 Å². The van der Waals surface area contributed by atoms with Gasteiger partial charge in [0.1, 0.15) is 5.82 Å². The summed E-state index contributed by atoms with van der Waals surface area (Å²) in [4.78, 5) is 12.3. The number of rotatable bonds is 4. The predicted molar refractivity (Wildman–Crippen MR) is 96.4 cm³/mol. The maximum atomic E-state index is 12.3. The van der Waals surface area contributed by atoms with Crippen LogP contribution in [-0.2, 0) is 0 Å². The molecule has 0 aliphatic heterocycles. The van der Waals surface area contributed by atoms with E-state index in [9.17, 15) is 4.79 Å². The van der Waals surface area contributed by atoms with E-state index in [0.29, 0.717) is 11.7 Å². The highest BCUT2D eigenvalue weighted by Crippen LogP contribution is 2.21. The molecule has 1 heterocycles. The lowest BCUT2D eigenvalue weighted by Gasteiger charge is -2.22. The van der Waals surface area contributed by atoms with E-state index in [-0.39, 0.29) is 5.91 Å². The second kappa shape index (κ2) is 7.43. The zero-order chi connectivity index (χ0) is 16.9. The van der Waals surface area contributed by atoms with E-state index in [1.807, 2.05) is 38.1 Å². The van der Waals surface area contributed by atoms with Crippen molar-refractivity contribution in [2.75, 3.05) is 10.6 Å². The molecule has 5 heteroatoms. The highest BCUT2D eigenvalue weighted by molar-refractivity contribution is 6.03. The van der Waals surface area contributed by atoms with E-state index < -0.39 is 0 Å². The summed E-state index contributed by atoms with van der Waals surface area (Å²) in [7, 11) is 0. The number of carbonyl (C=O) groups excluding carboxylic acids is 1. The Morgan fingerprint density at radius 1 is 1.04 bits per heavy atom. The average Bonchev–Trinajstić information content (AvgIpc) is 2.60. The number of amides is 1. The third-order valence-corrected chi connectivity index (χ3v) is 4.71. The van der Waals surface area contributed by atoms with Crippen molar-refractivity contribution in [3.8, 4) is 0 Å². The van der Waals surface area contributed by atoms with Gasteiger partial charge in [-0.25, -0.2) is 0 Å². The number of anilines is 2. The van der Waals surface area contributed by atoms with Crippen LogP contribution in [0, 0.1) is 13.8 Å². The number of nitrogens with one attached hydrogen (secondary N) is 2. The number of benzene rings is 1. The molecule has 0 saturated heterocycles. The lowest BCUT2D eigenvalue weighted by molar-refractivity contribution is 0.102. The number of aryl methyl sites for hydroxylation is 1. The Morgan fingerprint density at radius 2 is 1.83 bits per heavy atom. The van der Waals surface area contributed by atoms with E-state index >= 15 is 0 Å². The molecular weight excluding hydrogens is 300 g/mol. The zero-order valence-electron chi connectivity index (χ0n) is 14.3. The molecule has 2 N–H and O–H groups in total. The van der Waals surface area contributed by atoms with Crippen LogP contribution in [0.5, 0.6) is 0 Å². The summed E-state index contributed by atoms with van der Waals surface area (Å²) < 4.78 is 0. The van der Waals surface area contributed by atoms with Crippen LogP contribution in [0.1, 0.15) is 53.7 Å². The van der Waals surface area contributed by atoms with Crippen LogP contribution >= 0.6 is 0 Å². The van der Waals surface area contributed by atoms with Gasteiger partial charge in [0.15, 0.2) is 5.69 Å². The van der Waals surface area contributed by atoms with Gasteiger partial charge in [-0.3, -0.25) is 4.79 Å². The van der Waals surface area contributed by atoms with Crippen LogP contribution in [0.3, 0.4) is 0 Å². The van der Waals surface area contributed by atoms with E-state index in [0.717, 1.165) is 22.6 Å². The maximum Gasteiger partial charge on any atom is 0.276 e. The molecular formula is C19H24N4O. The quantitative estimate of drug-likeness (QED) is 0.889. The molecule has 2 aromatic rings. The summed E-state index contributed by atoms with van der Waals surface area (Å²) in [6.07, 6.45) is 6.21. The number of nitrogens with zero attached hydrogens (tertiary/aromatic N) is 2. The summed E-state index contributed by atoms with van der Waals surface area (Å²) in [5.74, 6) is 0.505. The first-order chi connectivity index (χ1) is 11.6. The lowest BCUT2D eigenvalue weighted by Crippen LogP contribution is -2.23. The molecule has 1 aliphatic rings. The Kier molecular flexibility index (Phi) is 5.08. The second-order valence-corrected chi connectivity index (χ2v) is 6.48. The smallest absolute Gasteiger partial charge is 0.276 e. The van der Waals surface area contributed by atoms with Gasteiger partial charge in [0.25, 0.3) is 5.91 Å². The minimum absolute atomic E-state index is 0.236. The predicted octanol–water partition coefficient (Wildman–Crippen LogP) is 4.09. The number of hydrogen-bond donors (Lipinski definition) is 2. The van der Waals surface area contributed by atoms with Crippen molar-refractivity contribution in [1.29, 1.82) is 0 Å². The van der Waals surface area contributed by atoms with Crippen LogP contribution in [0.2, 0.25) is 0 Å². The summed E-state index contributed by atoms with van der Waals surface area (Å²) in [5.41, 5.74) is 3.34. The van der Waals surface area contributed by atoms with Crippen molar-refractivity contribution in [3.63, 3.8) is 0 Å². The number of carbonyl (C=O) groups is 1. The standard InChI is InChI=1S/C19H24N4O/c1-13-7-6-10-16(14(13)2)21-19(24)17-11-12-18(23-22-17)20-15-8-4-3-5-9-15/h6-7,10-12,15H,3-5,8-9H2,1-2H3,(H,20,23)(H,21,24). The first-order valence-corrected chi connectivity index (χ1v) is 8.61. The highest BCUT2D eigenvalue weighted by atomic mass is 16.1. The summed E-state index contributed by atoms with van der Waals surface area (Å²) in [6.45, 7) is 4.02. The molecule has 5 nitrogen and oxygen atoms in total. The van der Waals surface area contributed by atoms with Crippen molar-refractivity contribution in [2.24, 2.45) is 0 Å². The number of hydrogen-bond acceptors (Lipinski definition) is 4. The molecule has 0 spiro atoms. The van der Waals surface area contributed by atoms with E-state index in [4.69, 9.17) is 0 Å². The number of aromatic nitrogens is 2. The first-order valence-electron chi connectivity index (χ1n) is 8.61. The van der Waals surface area contributed by atoms with Gasteiger partial charge in [-0.1, -0.05) is 31.4 Å². The fourth-order valence-corrected chi connectivity index (χ4v) is 3.06. The molecule has 1 aliphatic carbocycles. The molecule has 0 radical (unpaired) electrons. The topological polar surface area (TPSA) is 66.9 Å². The van der Waals surface area contributed by atoms with Crippen LogP contribution < -0.4 is 10.6 Å². The minimum Gasteiger partial charge on any atom is -0.366 e. The van der Waals surface area contributed by atoms with Gasteiger partial charge in [0.05, 0.1) is 0 Å². The average molecular weight is 324 g/mol. The van der Waals surface area contributed by atoms with Gasteiger partial charge >= 0.3 is 0 Å². The molecule has 1 aromatic heterocycles. The fraction of sp³-hybridized carbons (Fsp3) is 0.421. The van der Waals surface area contributed by atoms with Crippen molar-refractivity contribution >= 4 is 17.4 Å². The maximum absolute atomic E-state index is 12.3. The van der Waals surface area contributed by atoms with Crippen LogP contribution in [0.25, 0.3) is 0 Å². The SMILES string of the molecule is Cc1cccc(NC(=O)c2ccc(NC3CCCCC3)nn2)c1C. The fourth-order valence-electron chi connectivity index (χ4n) is 3.06. The third kappa shape index (κ3) is 3.91. The Labute approximate surface area is 142 Å². The van der Waals surface area contributed by atoms with E-state index in [2.05, 4.69) is 20.8 Å². The Bertz CT molecular complexity index is 706. The van der Waals surface area contributed by atoms with Crippen LogP contribution in [0.4, 0.5) is 11.5 Å². The molecule has 1 amide bonds. The van der Waals surface area contributed by atoms with Crippen LogP contribution in [-0.4, -0.2) is 22.1 Å². The largest absolute Gasteiger partial charge is 0.366 e. The van der Waals surface area contributed by atoms with Gasteiger partial charge in [-0.05, 0) is 56.0 Å². The Morgan fingerprint density at radius 3 is 2.54 bits per heavy atom. The molecule has 24 heavy (non-hydrogen) atoms. The zero-order valence-corrected chi connectivity index (χ0v) is 14.3. The van der Waals surface area contributed by atoms with Crippen molar-refractivity contribution in [2.45, 2.75) is 52.0 Å². The minimum atomic E-state index is -0.236. The normalized spacial score (nSPS) is 15.1. The van der Waals surface area contributed by atoms with Gasteiger partial charge in [-0.15, -0.1) is 10.2 Å². The molecule has 0 atom stereocenters. The molecule has 1 aromatic carbocycles. The summed E-state index contributed by atoms with van der Waals surface area (Å²) in [6, 6.07) is 9.88. The first kappa shape index (κ1) is 16.4. The third-order valence-electron chi connectivity index (χ3n) is 4.71. The summed E-state index contributed by atoms with van der Waals surface area (Å²) in [5, 5.41) is 14.5. The van der Waals surface area contributed by atoms with Crippen LogP contribution in [0.15, 0.2) is 30.3 Å². The van der Waals surface area contributed by atoms with Gasteiger partial charge < -0.3 is 10.6 Å². The summed E-state index contributed by atoms with van der Waals surface area (Å²) >= 11 is 0.